The molecule has 2 aromatic heterocycles. The molecule has 0 saturated carbocycles. The van der Waals surface area contributed by atoms with Crippen molar-refractivity contribution < 1.29 is 42.9 Å². The maximum absolute atomic E-state index is 14.1. The van der Waals surface area contributed by atoms with Gasteiger partial charge in [0.25, 0.3) is 5.56 Å². The Labute approximate surface area is 290 Å². The number of nitrogens with zero attached hydrogens (tertiary/aromatic N) is 2. The van der Waals surface area contributed by atoms with Crippen LogP contribution < -0.4 is 5.56 Å². The van der Waals surface area contributed by atoms with Gasteiger partial charge in [-0.2, -0.15) is 0 Å². The summed E-state index contributed by atoms with van der Waals surface area (Å²) < 4.78 is 30.0. The molecule has 0 bridgehead atoms. The fourth-order valence-electron chi connectivity index (χ4n) is 6.80. The van der Waals surface area contributed by atoms with Crippen molar-refractivity contribution >= 4 is 50.5 Å². The predicted molar refractivity (Wildman–Crippen MR) is 180 cm³/mol. The van der Waals surface area contributed by atoms with Crippen LogP contribution in [0.5, 0.6) is 0 Å². The average molecular weight is 738 g/mol. The summed E-state index contributed by atoms with van der Waals surface area (Å²) >= 11 is 3.43. The second kappa shape index (κ2) is 14.0. The lowest BCUT2D eigenvalue weighted by atomic mass is 9.71. The fourth-order valence-corrected chi connectivity index (χ4v) is 6.96. The number of fused-ring (bicyclic) bond motifs is 5. The van der Waals surface area contributed by atoms with Gasteiger partial charge in [0, 0.05) is 31.2 Å². The molecule has 3 aliphatic rings. The molecule has 12 nitrogen and oxygen atoms in total. The van der Waals surface area contributed by atoms with Gasteiger partial charge in [0.1, 0.15) is 36.6 Å². The molecular formula is C36H37BrN2O10. The van der Waals surface area contributed by atoms with Crippen LogP contribution >= 0.6 is 15.9 Å². The van der Waals surface area contributed by atoms with Crippen molar-refractivity contribution in [1.29, 1.82) is 0 Å². The second-order valence-electron chi connectivity index (χ2n) is 12.4. The largest absolute Gasteiger partial charge is 0.463 e. The lowest BCUT2D eigenvalue weighted by Crippen LogP contribution is -2.46. The van der Waals surface area contributed by atoms with Gasteiger partial charge in [-0.3, -0.25) is 24.0 Å². The smallest absolute Gasteiger partial charge is 0.317 e. The highest BCUT2D eigenvalue weighted by atomic mass is 79.9. The summed E-state index contributed by atoms with van der Waals surface area (Å²) in [5.41, 5.74) is 2.67. The number of Topliss-reactive ketones (excluding diaryl/α,β-unsaturated/α-hetero) is 1. The number of aromatic nitrogens is 2. The molecule has 3 aliphatic heterocycles. The summed E-state index contributed by atoms with van der Waals surface area (Å²) in [5.74, 6) is -1.66. The number of para-hydroxylation sites is 1. The zero-order valence-electron chi connectivity index (χ0n) is 27.7. The van der Waals surface area contributed by atoms with E-state index in [4.69, 9.17) is 28.7 Å². The number of benzene rings is 1. The van der Waals surface area contributed by atoms with Crippen LogP contribution in [0.3, 0.4) is 0 Å². The molecule has 3 aromatic rings. The van der Waals surface area contributed by atoms with Gasteiger partial charge >= 0.3 is 17.9 Å². The summed E-state index contributed by atoms with van der Waals surface area (Å²) in [5, 5.41) is 0.829. The van der Waals surface area contributed by atoms with Crippen LogP contribution in [0.4, 0.5) is 0 Å². The summed E-state index contributed by atoms with van der Waals surface area (Å²) in [6.07, 6.45) is 1.61. The van der Waals surface area contributed by atoms with Crippen LogP contribution in [0.2, 0.25) is 0 Å². The molecule has 258 valence electrons. The summed E-state index contributed by atoms with van der Waals surface area (Å²) in [7, 11) is 0. The third-order valence-electron chi connectivity index (χ3n) is 9.39. The molecule has 13 heteroatoms. The molecule has 0 spiro atoms. The molecule has 4 unspecified atom stereocenters. The van der Waals surface area contributed by atoms with E-state index in [1.165, 1.54) is 13.8 Å². The lowest BCUT2D eigenvalue weighted by Gasteiger charge is -2.36. The Kier molecular flexibility index (Phi) is 9.88. The quantitative estimate of drug-likeness (QED) is 0.0924. The van der Waals surface area contributed by atoms with E-state index in [0.29, 0.717) is 34.5 Å². The number of ketones is 1. The molecule has 0 amide bonds. The van der Waals surface area contributed by atoms with Gasteiger partial charge in [-0.05, 0) is 48.3 Å². The molecule has 0 fully saturated rings. The number of esters is 3. The van der Waals surface area contributed by atoms with E-state index in [2.05, 4.69) is 15.9 Å². The number of carbonyl (C=O) groups is 4. The number of pyridine rings is 2. The zero-order chi connectivity index (χ0) is 35.0. The van der Waals surface area contributed by atoms with Crippen molar-refractivity contribution in [2.45, 2.75) is 95.5 Å². The number of ether oxygens (including phenoxy) is 5. The highest BCUT2D eigenvalue weighted by Gasteiger charge is 2.48. The van der Waals surface area contributed by atoms with Crippen LogP contribution in [0, 0.1) is 0 Å². The van der Waals surface area contributed by atoms with Crippen molar-refractivity contribution in [3.8, 4) is 11.4 Å². The van der Waals surface area contributed by atoms with Gasteiger partial charge in [0.2, 0.25) is 0 Å². The molecule has 0 radical (unpaired) electrons. The third kappa shape index (κ3) is 6.47. The van der Waals surface area contributed by atoms with E-state index >= 15 is 0 Å². The Bertz CT molecular complexity index is 1940. The van der Waals surface area contributed by atoms with Crippen LogP contribution in [0.1, 0.15) is 69.2 Å². The average Bonchev–Trinajstić information content (AvgIpc) is 3.45. The van der Waals surface area contributed by atoms with Crippen molar-refractivity contribution in [2.24, 2.45) is 0 Å². The highest BCUT2D eigenvalue weighted by Crippen LogP contribution is 2.43. The summed E-state index contributed by atoms with van der Waals surface area (Å²) in [6.45, 7) is 6.24. The van der Waals surface area contributed by atoms with E-state index in [1.807, 2.05) is 44.2 Å². The molecule has 5 heterocycles. The van der Waals surface area contributed by atoms with Gasteiger partial charge in [-0.1, -0.05) is 48.0 Å². The minimum absolute atomic E-state index is 0.0694. The third-order valence-corrected chi connectivity index (χ3v) is 10.5. The topological polar surface area (TPSA) is 149 Å². The molecule has 0 N–H and O–H groups in total. The van der Waals surface area contributed by atoms with Gasteiger partial charge < -0.3 is 28.3 Å². The Morgan fingerprint density at radius 3 is 2.59 bits per heavy atom. The monoisotopic (exact) mass is 736 g/mol. The first-order valence-electron chi connectivity index (χ1n) is 16.2. The summed E-state index contributed by atoms with van der Waals surface area (Å²) in [4.78, 5) is 68.5. The molecule has 0 aliphatic carbocycles. The maximum atomic E-state index is 14.1. The SMILES string of the molecule is CCC(Br)C(=O)C[C@]1(CC)C(=O)OCc2c1cc1n(c2=O)Cc2c-1nc1ccccc1c2COC1C=CC(OC(C)=O)C(COC(C)=O)O1. The number of carbonyl (C=O) groups excluding carboxylic acids is 4. The number of hydrogen-bond acceptors (Lipinski definition) is 11. The van der Waals surface area contributed by atoms with Gasteiger partial charge in [-0.15, -0.1) is 0 Å². The van der Waals surface area contributed by atoms with Crippen LogP contribution in [-0.4, -0.2) is 63.2 Å². The minimum atomic E-state index is -1.30. The summed E-state index contributed by atoms with van der Waals surface area (Å²) in [6, 6.07) is 9.41. The highest BCUT2D eigenvalue weighted by molar-refractivity contribution is 9.10. The number of hydrogen-bond donors (Lipinski definition) is 0. The first kappa shape index (κ1) is 34.7. The van der Waals surface area contributed by atoms with Crippen LogP contribution in [0.25, 0.3) is 22.3 Å². The van der Waals surface area contributed by atoms with Gasteiger partial charge in [0.15, 0.2) is 6.29 Å². The van der Waals surface area contributed by atoms with Crippen LogP contribution in [-0.2, 0) is 68.0 Å². The zero-order valence-corrected chi connectivity index (χ0v) is 29.2. The molecular weight excluding hydrogens is 700 g/mol. The van der Waals surface area contributed by atoms with Crippen molar-refractivity contribution in [1.82, 2.24) is 9.55 Å². The Hall–Kier alpha value is -4.20. The molecule has 5 atom stereocenters. The predicted octanol–water partition coefficient (Wildman–Crippen LogP) is 4.56. The van der Waals surface area contributed by atoms with Crippen LogP contribution in [0.15, 0.2) is 47.3 Å². The van der Waals surface area contributed by atoms with Crippen molar-refractivity contribution in [3.63, 3.8) is 0 Å². The number of alkyl halides is 1. The van der Waals surface area contributed by atoms with E-state index in [9.17, 15) is 24.0 Å². The normalized spacial score (nSPS) is 22.9. The van der Waals surface area contributed by atoms with E-state index in [0.717, 1.165) is 16.5 Å². The van der Waals surface area contributed by atoms with E-state index in [1.54, 1.807) is 16.7 Å². The van der Waals surface area contributed by atoms with Gasteiger partial charge in [0.05, 0.1) is 40.4 Å². The van der Waals surface area contributed by atoms with Gasteiger partial charge in [-0.25, -0.2) is 4.98 Å². The number of rotatable bonds is 11. The minimum Gasteiger partial charge on any atom is -0.463 e. The Morgan fingerprint density at radius 1 is 1.10 bits per heavy atom. The number of halogens is 1. The van der Waals surface area contributed by atoms with Crippen molar-refractivity contribution in [2.75, 3.05) is 6.61 Å². The molecule has 1 aromatic carbocycles. The molecule has 0 saturated heterocycles. The maximum Gasteiger partial charge on any atom is 0.317 e. The standard InChI is InChI=1S/C36H37BrN2O10/c1-5-26(37)29(42)14-36(6-2)25-13-28-33-22(15-39(28)34(43)24(25)17-47-35(36)44)23(21-9-7-8-10-27(21)38-33)16-46-32-12-11-30(48-20(4)41)31(49-32)18-45-19(3)40/h7-13,26,30-32H,5-6,14-18H2,1-4H3/t26?,30?,31?,32?,36-/m0/s1. The fraction of sp³-hybridized carbons (Fsp3) is 0.444. The van der Waals surface area contributed by atoms with E-state index < -0.39 is 46.6 Å². The first-order valence-corrected chi connectivity index (χ1v) is 17.2. The molecule has 6 rings (SSSR count). The first-order chi connectivity index (χ1) is 23.5. The van der Waals surface area contributed by atoms with E-state index in [-0.39, 0.29) is 50.5 Å². The molecule has 49 heavy (non-hydrogen) atoms. The number of cyclic esters (lactones) is 1. The lowest BCUT2D eigenvalue weighted by molar-refractivity contribution is -0.200. The Balaban J connectivity index is 1.38. The second-order valence-corrected chi connectivity index (χ2v) is 13.5. The van der Waals surface area contributed by atoms with Crippen molar-refractivity contribution in [3.05, 3.63) is 75.1 Å². The Morgan fingerprint density at radius 2 is 1.88 bits per heavy atom.